The summed E-state index contributed by atoms with van der Waals surface area (Å²) < 4.78 is 0. The molecule has 2 rings (SSSR count). The molecule has 0 aromatic heterocycles. The maximum Gasteiger partial charge on any atom is 0.0235 e. The van der Waals surface area contributed by atoms with E-state index in [0.29, 0.717) is 6.04 Å². The van der Waals surface area contributed by atoms with Gasteiger partial charge in [-0.25, -0.2) is 0 Å². The van der Waals surface area contributed by atoms with Crippen LogP contribution in [-0.4, -0.2) is 36.6 Å². The van der Waals surface area contributed by atoms with Crippen molar-refractivity contribution in [3.63, 3.8) is 0 Å². The average molecular weight is 260 g/mol. The summed E-state index contributed by atoms with van der Waals surface area (Å²) in [4.78, 5) is 2.68. The molecule has 1 aromatic rings. The molecule has 1 aliphatic heterocycles. The third-order valence-corrected chi connectivity index (χ3v) is 4.16. The Kier molecular flexibility index (Phi) is 5.87. The molecule has 0 radical (unpaired) electrons. The first-order valence-electron chi connectivity index (χ1n) is 7.81. The van der Waals surface area contributed by atoms with Crippen LogP contribution in [0.3, 0.4) is 0 Å². The van der Waals surface area contributed by atoms with Crippen LogP contribution in [0.4, 0.5) is 0 Å². The van der Waals surface area contributed by atoms with E-state index in [0.717, 1.165) is 19.0 Å². The van der Waals surface area contributed by atoms with Gasteiger partial charge in [0, 0.05) is 18.6 Å². The molecule has 2 atom stereocenters. The normalized spacial score (nSPS) is 22.9. The fraction of sp³-hybridized carbons (Fsp3) is 0.647. The lowest BCUT2D eigenvalue weighted by Gasteiger charge is -2.30. The van der Waals surface area contributed by atoms with Gasteiger partial charge in [-0.2, -0.15) is 0 Å². The molecule has 0 spiro atoms. The van der Waals surface area contributed by atoms with Crippen molar-refractivity contribution in [3.05, 3.63) is 35.9 Å². The maximum atomic E-state index is 3.72. The quantitative estimate of drug-likeness (QED) is 0.875. The zero-order valence-electron chi connectivity index (χ0n) is 12.4. The fourth-order valence-corrected chi connectivity index (χ4v) is 3.06. The van der Waals surface area contributed by atoms with Gasteiger partial charge >= 0.3 is 0 Å². The standard InChI is InChI=1S/C17H28N2/c1-3-8-15(2)19-12-7-11-18-17(14-19)13-16-9-5-4-6-10-16/h4-6,9-10,15,17-18H,3,7-8,11-14H2,1-2H3. The van der Waals surface area contributed by atoms with Crippen molar-refractivity contribution < 1.29 is 0 Å². The van der Waals surface area contributed by atoms with Crippen molar-refractivity contribution >= 4 is 0 Å². The van der Waals surface area contributed by atoms with Crippen LogP contribution in [0.5, 0.6) is 0 Å². The second-order valence-corrected chi connectivity index (χ2v) is 5.83. The molecule has 2 heteroatoms. The van der Waals surface area contributed by atoms with Crippen LogP contribution in [0.25, 0.3) is 0 Å². The van der Waals surface area contributed by atoms with E-state index in [-0.39, 0.29) is 0 Å². The van der Waals surface area contributed by atoms with Crippen molar-refractivity contribution in [1.29, 1.82) is 0 Å². The van der Waals surface area contributed by atoms with Gasteiger partial charge in [-0.05, 0) is 44.8 Å². The topological polar surface area (TPSA) is 15.3 Å². The van der Waals surface area contributed by atoms with Crippen molar-refractivity contribution in [3.8, 4) is 0 Å². The summed E-state index contributed by atoms with van der Waals surface area (Å²) >= 11 is 0. The van der Waals surface area contributed by atoms with E-state index in [1.807, 2.05) is 0 Å². The predicted molar refractivity (Wildman–Crippen MR) is 82.5 cm³/mol. The number of rotatable bonds is 5. The molecule has 1 N–H and O–H groups in total. The molecular weight excluding hydrogens is 232 g/mol. The van der Waals surface area contributed by atoms with Crippen molar-refractivity contribution in [2.24, 2.45) is 0 Å². The Morgan fingerprint density at radius 2 is 2.11 bits per heavy atom. The van der Waals surface area contributed by atoms with Crippen molar-refractivity contribution in [2.45, 2.75) is 51.6 Å². The van der Waals surface area contributed by atoms with E-state index < -0.39 is 0 Å². The Morgan fingerprint density at radius 1 is 1.32 bits per heavy atom. The van der Waals surface area contributed by atoms with Crippen LogP contribution in [0.2, 0.25) is 0 Å². The Labute approximate surface area is 118 Å². The van der Waals surface area contributed by atoms with Crippen LogP contribution in [0, 0.1) is 0 Å². The molecule has 0 bridgehead atoms. The molecule has 2 nitrogen and oxygen atoms in total. The molecule has 1 heterocycles. The highest BCUT2D eigenvalue weighted by atomic mass is 15.2. The number of hydrogen-bond acceptors (Lipinski definition) is 2. The molecule has 1 fully saturated rings. The van der Waals surface area contributed by atoms with Gasteiger partial charge in [0.05, 0.1) is 0 Å². The SMILES string of the molecule is CCCC(C)N1CCCNC(Cc2ccccc2)C1. The van der Waals surface area contributed by atoms with E-state index in [1.165, 1.54) is 37.9 Å². The number of nitrogens with one attached hydrogen (secondary N) is 1. The number of hydrogen-bond donors (Lipinski definition) is 1. The molecule has 2 unspecified atom stereocenters. The predicted octanol–water partition coefficient (Wildman–Crippen LogP) is 3.08. The minimum atomic E-state index is 0.601. The minimum Gasteiger partial charge on any atom is -0.312 e. The summed E-state index contributed by atoms with van der Waals surface area (Å²) in [6, 6.07) is 12.2. The summed E-state index contributed by atoms with van der Waals surface area (Å²) in [5.41, 5.74) is 1.45. The maximum absolute atomic E-state index is 3.72. The molecule has 1 saturated heterocycles. The summed E-state index contributed by atoms with van der Waals surface area (Å²) in [7, 11) is 0. The molecule has 1 aromatic carbocycles. The molecule has 0 aliphatic carbocycles. The Balaban J connectivity index is 1.92. The molecule has 0 amide bonds. The van der Waals surface area contributed by atoms with Crippen LogP contribution in [0.15, 0.2) is 30.3 Å². The van der Waals surface area contributed by atoms with Crippen LogP contribution < -0.4 is 5.32 Å². The van der Waals surface area contributed by atoms with Crippen LogP contribution >= 0.6 is 0 Å². The zero-order valence-corrected chi connectivity index (χ0v) is 12.4. The van der Waals surface area contributed by atoms with Gasteiger partial charge in [0.1, 0.15) is 0 Å². The lowest BCUT2D eigenvalue weighted by atomic mass is 10.0. The van der Waals surface area contributed by atoms with E-state index in [1.54, 1.807) is 0 Å². The lowest BCUT2D eigenvalue weighted by molar-refractivity contribution is 0.195. The second-order valence-electron chi connectivity index (χ2n) is 5.83. The van der Waals surface area contributed by atoms with Gasteiger partial charge < -0.3 is 5.32 Å². The fourth-order valence-electron chi connectivity index (χ4n) is 3.06. The van der Waals surface area contributed by atoms with Gasteiger partial charge in [-0.1, -0.05) is 43.7 Å². The van der Waals surface area contributed by atoms with Gasteiger partial charge in [-0.15, -0.1) is 0 Å². The van der Waals surface area contributed by atoms with Gasteiger partial charge in [0.25, 0.3) is 0 Å². The summed E-state index contributed by atoms with van der Waals surface area (Å²) in [5, 5.41) is 3.72. The molecule has 0 saturated carbocycles. The van der Waals surface area contributed by atoms with Crippen molar-refractivity contribution in [2.75, 3.05) is 19.6 Å². The monoisotopic (exact) mass is 260 g/mol. The van der Waals surface area contributed by atoms with E-state index in [2.05, 4.69) is 54.4 Å². The molecule has 19 heavy (non-hydrogen) atoms. The highest BCUT2D eigenvalue weighted by Crippen LogP contribution is 2.13. The van der Waals surface area contributed by atoms with Gasteiger partial charge in [0.2, 0.25) is 0 Å². The average Bonchev–Trinajstić information content (AvgIpc) is 2.66. The van der Waals surface area contributed by atoms with E-state index in [9.17, 15) is 0 Å². The van der Waals surface area contributed by atoms with Crippen LogP contribution in [0.1, 0.15) is 38.7 Å². The largest absolute Gasteiger partial charge is 0.312 e. The van der Waals surface area contributed by atoms with Gasteiger partial charge in [-0.3, -0.25) is 4.90 Å². The number of nitrogens with zero attached hydrogens (tertiary/aromatic N) is 1. The smallest absolute Gasteiger partial charge is 0.0235 e. The van der Waals surface area contributed by atoms with Gasteiger partial charge in [0.15, 0.2) is 0 Å². The third-order valence-electron chi connectivity index (χ3n) is 4.16. The lowest BCUT2D eigenvalue weighted by Crippen LogP contribution is -2.42. The minimum absolute atomic E-state index is 0.601. The van der Waals surface area contributed by atoms with E-state index in [4.69, 9.17) is 0 Å². The van der Waals surface area contributed by atoms with Crippen molar-refractivity contribution in [1.82, 2.24) is 10.2 Å². The molecular formula is C17H28N2. The summed E-state index contributed by atoms with van der Waals surface area (Å²) in [6.07, 6.45) is 5.03. The molecule has 1 aliphatic rings. The second kappa shape index (κ2) is 7.66. The van der Waals surface area contributed by atoms with Crippen LogP contribution in [-0.2, 0) is 6.42 Å². The Morgan fingerprint density at radius 3 is 2.84 bits per heavy atom. The summed E-state index contributed by atoms with van der Waals surface area (Å²) in [6.45, 7) is 8.27. The highest BCUT2D eigenvalue weighted by Gasteiger charge is 2.21. The highest BCUT2D eigenvalue weighted by molar-refractivity contribution is 5.16. The Hall–Kier alpha value is -0.860. The zero-order chi connectivity index (χ0) is 13.5. The first-order chi connectivity index (χ1) is 9.29. The molecule has 106 valence electrons. The summed E-state index contributed by atoms with van der Waals surface area (Å²) in [5.74, 6) is 0. The Bertz CT molecular complexity index is 350. The van der Waals surface area contributed by atoms with E-state index >= 15 is 0 Å². The third kappa shape index (κ3) is 4.63. The first-order valence-corrected chi connectivity index (χ1v) is 7.81. The first kappa shape index (κ1) is 14.5. The number of benzene rings is 1.